The molecule has 102 valence electrons. The van der Waals surface area contributed by atoms with Crippen molar-refractivity contribution in [2.75, 3.05) is 18.8 Å². The predicted octanol–water partition coefficient (Wildman–Crippen LogP) is 2.28. The third-order valence-electron chi connectivity index (χ3n) is 2.88. The number of carbonyl (C=O) groups is 1. The van der Waals surface area contributed by atoms with Gasteiger partial charge in [0.25, 0.3) is 0 Å². The molecule has 0 aromatic rings. The van der Waals surface area contributed by atoms with Crippen LogP contribution in [0.3, 0.4) is 0 Å². The molecular formula is C12H25ClN2OS. The maximum absolute atomic E-state index is 11.9. The summed E-state index contributed by atoms with van der Waals surface area (Å²) in [5, 5.41) is 0.629. The van der Waals surface area contributed by atoms with Gasteiger partial charge in [0.15, 0.2) is 0 Å². The number of hydrogen-bond acceptors (Lipinski definition) is 3. The van der Waals surface area contributed by atoms with Crippen LogP contribution in [0.25, 0.3) is 0 Å². The standard InChI is InChI=1S/C12H24N2OS.ClH/c1-3-16-11-6-4-5-7-14(9-11)12(15)8-10(2)13;/h10-11H,3-9,13H2,1-2H3;1H. The molecular weight excluding hydrogens is 256 g/mol. The van der Waals surface area contributed by atoms with Crippen molar-refractivity contribution in [1.82, 2.24) is 4.90 Å². The third kappa shape index (κ3) is 6.53. The first kappa shape index (κ1) is 17.1. The lowest BCUT2D eigenvalue weighted by atomic mass is 10.2. The van der Waals surface area contributed by atoms with Crippen LogP contribution in [0.2, 0.25) is 0 Å². The minimum Gasteiger partial charge on any atom is -0.342 e. The van der Waals surface area contributed by atoms with E-state index in [4.69, 9.17) is 5.73 Å². The Labute approximate surface area is 115 Å². The number of nitrogens with two attached hydrogens (primary N) is 1. The topological polar surface area (TPSA) is 46.3 Å². The van der Waals surface area contributed by atoms with Crippen LogP contribution in [0.4, 0.5) is 0 Å². The number of halogens is 1. The fraction of sp³-hybridized carbons (Fsp3) is 0.917. The highest BCUT2D eigenvalue weighted by molar-refractivity contribution is 7.99. The number of thioether (sulfide) groups is 1. The molecule has 0 bridgehead atoms. The number of carbonyl (C=O) groups excluding carboxylic acids is 1. The molecule has 1 fully saturated rings. The second kappa shape index (κ2) is 9.06. The Morgan fingerprint density at radius 2 is 2.24 bits per heavy atom. The summed E-state index contributed by atoms with van der Waals surface area (Å²) in [5.41, 5.74) is 5.68. The average Bonchev–Trinajstić information content (AvgIpc) is 2.43. The van der Waals surface area contributed by atoms with Crippen LogP contribution in [0, 0.1) is 0 Å². The maximum atomic E-state index is 11.9. The van der Waals surface area contributed by atoms with Gasteiger partial charge in [-0.1, -0.05) is 13.3 Å². The van der Waals surface area contributed by atoms with E-state index in [1.165, 1.54) is 12.8 Å². The van der Waals surface area contributed by atoms with E-state index in [1.54, 1.807) is 0 Å². The van der Waals surface area contributed by atoms with Gasteiger partial charge >= 0.3 is 0 Å². The largest absolute Gasteiger partial charge is 0.342 e. The summed E-state index contributed by atoms with van der Waals surface area (Å²) < 4.78 is 0. The van der Waals surface area contributed by atoms with E-state index < -0.39 is 0 Å². The van der Waals surface area contributed by atoms with E-state index in [0.717, 1.165) is 25.3 Å². The Balaban J connectivity index is 0.00000256. The highest BCUT2D eigenvalue weighted by Crippen LogP contribution is 2.22. The Bertz CT molecular complexity index is 227. The van der Waals surface area contributed by atoms with Gasteiger partial charge in [-0.3, -0.25) is 4.79 Å². The Morgan fingerprint density at radius 3 is 2.82 bits per heavy atom. The molecule has 0 aromatic carbocycles. The Kier molecular flexibility index (Phi) is 9.10. The molecule has 1 amide bonds. The van der Waals surface area contributed by atoms with Crippen molar-refractivity contribution in [3.63, 3.8) is 0 Å². The summed E-state index contributed by atoms with van der Waals surface area (Å²) in [6, 6.07) is -0.0203. The van der Waals surface area contributed by atoms with E-state index in [0.29, 0.717) is 11.7 Å². The van der Waals surface area contributed by atoms with E-state index in [2.05, 4.69) is 6.92 Å². The summed E-state index contributed by atoms with van der Waals surface area (Å²) in [6.07, 6.45) is 4.13. The fourth-order valence-electron chi connectivity index (χ4n) is 2.11. The zero-order chi connectivity index (χ0) is 12.0. The molecule has 0 saturated carbocycles. The lowest BCUT2D eigenvalue weighted by molar-refractivity contribution is -0.131. The Hall–Kier alpha value is 0.0700. The molecule has 5 heteroatoms. The van der Waals surface area contributed by atoms with Crippen LogP contribution < -0.4 is 5.73 Å². The first-order valence-electron chi connectivity index (χ1n) is 6.28. The van der Waals surface area contributed by atoms with Crippen LogP contribution in [0.15, 0.2) is 0 Å². The first-order chi connectivity index (χ1) is 7.63. The molecule has 1 aliphatic heterocycles. The van der Waals surface area contributed by atoms with Gasteiger partial charge in [-0.15, -0.1) is 12.4 Å². The molecule has 1 aliphatic rings. The summed E-state index contributed by atoms with van der Waals surface area (Å²) in [6.45, 7) is 5.92. The second-order valence-electron chi connectivity index (χ2n) is 4.59. The molecule has 1 rings (SSSR count). The number of likely N-dealkylation sites (tertiary alicyclic amines) is 1. The highest BCUT2D eigenvalue weighted by Gasteiger charge is 2.22. The zero-order valence-corrected chi connectivity index (χ0v) is 12.5. The quantitative estimate of drug-likeness (QED) is 0.859. The van der Waals surface area contributed by atoms with Crippen LogP contribution >= 0.6 is 24.2 Å². The van der Waals surface area contributed by atoms with Crippen molar-refractivity contribution in [3.8, 4) is 0 Å². The molecule has 17 heavy (non-hydrogen) atoms. The van der Waals surface area contributed by atoms with Crippen molar-refractivity contribution in [3.05, 3.63) is 0 Å². The summed E-state index contributed by atoms with van der Waals surface area (Å²) >= 11 is 1.98. The molecule has 0 spiro atoms. The fourth-order valence-corrected chi connectivity index (χ4v) is 3.20. The molecule has 1 heterocycles. The van der Waals surface area contributed by atoms with Gasteiger partial charge in [0, 0.05) is 30.8 Å². The van der Waals surface area contributed by atoms with Crippen molar-refractivity contribution in [1.29, 1.82) is 0 Å². The molecule has 0 aliphatic carbocycles. The normalized spacial score (nSPS) is 22.5. The van der Waals surface area contributed by atoms with Gasteiger partial charge in [-0.25, -0.2) is 0 Å². The van der Waals surface area contributed by atoms with Gasteiger partial charge in [-0.05, 0) is 25.5 Å². The van der Waals surface area contributed by atoms with Gasteiger partial charge in [0.1, 0.15) is 0 Å². The monoisotopic (exact) mass is 280 g/mol. The number of nitrogens with zero attached hydrogens (tertiary/aromatic N) is 1. The Morgan fingerprint density at radius 1 is 1.53 bits per heavy atom. The molecule has 2 N–H and O–H groups in total. The summed E-state index contributed by atoms with van der Waals surface area (Å²) in [7, 11) is 0. The van der Waals surface area contributed by atoms with Crippen molar-refractivity contribution in [2.24, 2.45) is 5.73 Å². The minimum absolute atomic E-state index is 0. The van der Waals surface area contributed by atoms with Crippen LogP contribution in [0.1, 0.15) is 39.5 Å². The smallest absolute Gasteiger partial charge is 0.224 e. The molecule has 2 unspecified atom stereocenters. The van der Waals surface area contributed by atoms with Gasteiger partial charge < -0.3 is 10.6 Å². The van der Waals surface area contributed by atoms with E-state index in [-0.39, 0.29) is 24.4 Å². The molecule has 3 nitrogen and oxygen atoms in total. The van der Waals surface area contributed by atoms with Gasteiger partial charge in [0.2, 0.25) is 5.91 Å². The summed E-state index contributed by atoms with van der Waals surface area (Å²) in [4.78, 5) is 14.0. The first-order valence-corrected chi connectivity index (χ1v) is 7.33. The summed E-state index contributed by atoms with van der Waals surface area (Å²) in [5.74, 6) is 1.37. The average molecular weight is 281 g/mol. The number of amides is 1. The third-order valence-corrected chi connectivity index (χ3v) is 4.07. The zero-order valence-electron chi connectivity index (χ0n) is 10.9. The SMILES string of the molecule is CCSC1CCCCN(C(=O)CC(C)N)C1.Cl. The lowest BCUT2D eigenvalue weighted by Gasteiger charge is -2.24. The maximum Gasteiger partial charge on any atom is 0.224 e. The lowest BCUT2D eigenvalue weighted by Crippen LogP contribution is -2.38. The van der Waals surface area contributed by atoms with Crippen LogP contribution in [0.5, 0.6) is 0 Å². The molecule has 2 atom stereocenters. The second-order valence-corrected chi connectivity index (χ2v) is 6.17. The van der Waals surface area contributed by atoms with Crippen molar-refractivity contribution < 1.29 is 4.79 Å². The minimum atomic E-state index is -0.0203. The van der Waals surface area contributed by atoms with Crippen LogP contribution in [-0.2, 0) is 4.79 Å². The number of hydrogen-bond donors (Lipinski definition) is 1. The van der Waals surface area contributed by atoms with Crippen molar-refractivity contribution in [2.45, 2.75) is 50.8 Å². The van der Waals surface area contributed by atoms with Crippen molar-refractivity contribution >= 4 is 30.1 Å². The van der Waals surface area contributed by atoms with E-state index in [1.807, 2.05) is 23.6 Å². The number of rotatable bonds is 4. The predicted molar refractivity (Wildman–Crippen MR) is 77.9 cm³/mol. The van der Waals surface area contributed by atoms with Gasteiger partial charge in [0.05, 0.1) is 0 Å². The highest BCUT2D eigenvalue weighted by atomic mass is 35.5. The van der Waals surface area contributed by atoms with E-state index in [9.17, 15) is 4.79 Å². The molecule has 1 saturated heterocycles. The van der Waals surface area contributed by atoms with E-state index >= 15 is 0 Å². The molecule has 0 radical (unpaired) electrons. The molecule has 0 aromatic heterocycles. The van der Waals surface area contributed by atoms with Crippen LogP contribution in [-0.4, -0.2) is 40.9 Å². The van der Waals surface area contributed by atoms with Gasteiger partial charge in [-0.2, -0.15) is 11.8 Å².